The predicted octanol–water partition coefficient (Wildman–Crippen LogP) is 1.12. The summed E-state index contributed by atoms with van der Waals surface area (Å²) in [5, 5.41) is 0. The largest absolute Gasteiger partial charge is 0.464 e. The van der Waals surface area contributed by atoms with E-state index in [2.05, 4.69) is 0 Å². The van der Waals surface area contributed by atoms with Crippen molar-refractivity contribution in [2.45, 2.75) is 38.9 Å². The number of esters is 1. The van der Waals surface area contributed by atoms with Gasteiger partial charge in [0.1, 0.15) is 0 Å². The second-order valence-electron chi connectivity index (χ2n) is 2.72. The van der Waals surface area contributed by atoms with Crippen LogP contribution in [0.1, 0.15) is 27.2 Å². The van der Waals surface area contributed by atoms with Gasteiger partial charge >= 0.3 is 5.97 Å². The van der Waals surface area contributed by atoms with Gasteiger partial charge in [-0.05, 0) is 20.3 Å². The Balaban J connectivity index is 2.51. The Bertz CT molecular complexity index is 163. The van der Waals surface area contributed by atoms with E-state index in [9.17, 15) is 4.79 Å². The SMILES string of the molecule is CCOC(=O)C1(CC)OC1C. The minimum Gasteiger partial charge on any atom is -0.464 e. The molecule has 11 heavy (non-hydrogen) atoms. The van der Waals surface area contributed by atoms with E-state index in [0.717, 1.165) is 0 Å². The fourth-order valence-electron chi connectivity index (χ4n) is 1.26. The van der Waals surface area contributed by atoms with Gasteiger partial charge in [0.25, 0.3) is 0 Å². The molecule has 0 N–H and O–H groups in total. The molecule has 1 aliphatic heterocycles. The van der Waals surface area contributed by atoms with Crippen LogP contribution in [0.3, 0.4) is 0 Å². The Morgan fingerprint density at radius 2 is 2.18 bits per heavy atom. The first-order valence-electron chi connectivity index (χ1n) is 4.02. The Kier molecular flexibility index (Phi) is 2.18. The molecule has 0 aromatic rings. The van der Waals surface area contributed by atoms with Crippen molar-refractivity contribution < 1.29 is 14.3 Å². The first kappa shape index (κ1) is 8.53. The fourth-order valence-corrected chi connectivity index (χ4v) is 1.26. The zero-order chi connectivity index (χ0) is 8.48. The molecule has 2 unspecified atom stereocenters. The lowest BCUT2D eigenvalue weighted by Crippen LogP contribution is -2.28. The zero-order valence-corrected chi connectivity index (χ0v) is 7.22. The van der Waals surface area contributed by atoms with E-state index >= 15 is 0 Å². The van der Waals surface area contributed by atoms with Crippen LogP contribution in [0.5, 0.6) is 0 Å². The minimum absolute atomic E-state index is 0.0338. The molecule has 0 amide bonds. The molecule has 1 heterocycles. The van der Waals surface area contributed by atoms with Crippen LogP contribution in [0.4, 0.5) is 0 Å². The normalized spacial score (nSPS) is 35.0. The third-order valence-corrected chi connectivity index (χ3v) is 2.13. The molecule has 1 aliphatic rings. The Hall–Kier alpha value is -0.570. The van der Waals surface area contributed by atoms with Crippen molar-refractivity contribution in [3.05, 3.63) is 0 Å². The summed E-state index contributed by atoms with van der Waals surface area (Å²) >= 11 is 0. The van der Waals surface area contributed by atoms with Crippen molar-refractivity contribution in [3.63, 3.8) is 0 Å². The summed E-state index contributed by atoms with van der Waals surface area (Å²) in [5.74, 6) is -0.213. The van der Waals surface area contributed by atoms with Gasteiger partial charge in [-0.2, -0.15) is 0 Å². The topological polar surface area (TPSA) is 38.8 Å². The number of carbonyl (C=O) groups excluding carboxylic acids is 1. The molecule has 0 bridgehead atoms. The maximum atomic E-state index is 11.2. The molecule has 1 saturated heterocycles. The summed E-state index contributed by atoms with van der Waals surface area (Å²) in [6.07, 6.45) is 0.735. The summed E-state index contributed by atoms with van der Waals surface area (Å²) in [6, 6.07) is 0. The average Bonchev–Trinajstić information content (AvgIpc) is 2.63. The number of carbonyl (C=O) groups is 1. The predicted molar refractivity (Wildman–Crippen MR) is 40.2 cm³/mol. The highest BCUT2D eigenvalue weighted by molar-refractivity contribution is 5.83. The van der Waals surface area contributed by atoms with Crippen LogP contribution in [0.15, 0.2) is 0 Å². The molecule has 3 heteroatoms. The first-order valence-corrected chi connectivity index (χ1v) is 4.02. The molecule has 0 aromatic heterocycles. The smallest absolute Gasteiger partial charge is 0.341 e. The van der Waals surface area contributed by atoms with E-state index in [-0.39, 0.29) is 12.1 Å². The monoisotopic (exact) mass is 158 g/mol. The molecule has 0 radical (unpaired) electrons. The minimum atomic E-state index is -0.601. The van der Waals surface area contributed by atoms with E-state index < -0.39 is 5.60 Å². The number of hydrogen-bond donors (Lipinski definition) is 0. The van der Waals surface area contributed by atoms with Gasteiger partial charge in [-0.1, -0.05) is 6.92 Å². The third kappa shape index (κ3) is 1.25. The van der Waals surface area contributed by atoms with Crippen LogP contribution in [0.25, 0.3) is 0 Å². The van der Waals surface area contributed by atoms with E-state index in [1.165, 1.54) is 0 Å². The average molecular weight is 158 g/mol. The fraction of sp³-hybridized carbons (Fsp3) is 0.875. The molecule has 3 nitrogen and oxygen atoms in total. The molecular formula is C8H14O3. The van der Waals surface area contributed by atoms with Crippen LogP contribution in [-0.2, 0) is 14.3 Å². The second-order valence-corrected chi connectivity index (χ2v) is 2.72. The van der Waals surface area contributed by atoms with Gasteiger partial charge in [0.15, 0.2) is 5.60 Å². The third-order valence-electron chi connectivity index (χ3n) is 2.13. The zero-order valence-electron chi connectivity index (χ0n) is 7.22. The van der Waals surface area contributed by atoms with Crippen molar-refractivity contribution in [2.75, 3.05) is 6.61 Å². The highest BCUT2D eigenvalue weighted by Gasteiger charge is 2.59. The Labute approximate surface area is 66.7 Å². The van der Waals surface area contributed by atoms with Crippen LogP contribution < -0.4 is 0 Å². The maximum absolute atomic E-state index is 11.2. The molecule has 64 valence electrons. The van der Waals surface area contributed by atoms with Crippen LogP contribution in [-0.4, -0.2) is 24.3 Å². The van der Waals surface area contributed by atoms with E-state index in [1.54, 1.807) is 6.92 Å². The lowest BCUT2D eigenvalue weighted by Gasteiger charge is -2.07. The quantitative estimate of drug-likeness (QED) is 0.456. The number of epoxide rings is 1. The van der Waals surface area contributed by atoms with Gasteiger partial charge in [0.05, 0.1) is 12.7 Å². The van der Waals surface area contributed by atoms with Crippen molar-refractivity contribution in [1.82, 2.24) is 0 Å². The highest BCUT2D eigenvalue weighted by Crippen LogP contribution is 2.40. The van der Waals surface area contributed by atoms with Crippen molar-refractivity contribution in [2.24, 2.45) is 0 Å². The van der Waals surface area contributed by atoms with E-state index in [1.807, 2.05) is 13.8 Å². The van der Waals surface area contributed by atoms with Crippen molar-refractivity contribution in [3.8, 4) is 0 Å². The molecular weight excluding hydrogens is 144 g/mol. The lowest BCUT2D eigenvalue weighted by atomic mass is 10.0. The molecule has 0 aliphatic carbocycles. The highest BCUT2D eigenvalue weighted by atomic mass is 16.7. The summed E-state index contributed by atoms with van der Waals surface area (Å²) in [4.78, 5) is 11.2. The van der Waals surface area contributed by atoms with E-state index in [0.29, 0.717) is 13.0 Å². The summed E-state index contributed by atoms with van der Waals surface area (Å²) in [5.41, 5.74) is -0.601. The van der Waals surface area contributed by atoms with Crippen molar-refractivity contribution >= 4 is 5.97 Å². The maximum Gasteiger partial charge on any atom is 0.341 e. The molecule has 1 fully saturated rings. The number of rotatable bonds is 3. The van der Waals surface area contributed by atoms with Crippen LogP contribution >= 0.6 is 0 Å². The Morgan fingerprint density at radius 1 is 1.64 bits per heavy atom. The first-order chi connectivity index (χ1) is 5.17. The van der Waals surface area contributed by atoms with Gasteiger partial charge in [-0.25, -0.2) is 4.79 Å². The summed E-state index contributed by atoms with van der Waals surface area (Å²) in [6.45, 7) is 6.05. The molecule has 0 saturated carbocycles. The van der Waals surface area contributed by atoms with Crippen LogP contribution in [0.2, 0.25) is 0 Å². The van der Waals surface area contributed by atoms with E-state index in [4.69, 9.17) is 9.47 Å². The number of ether oxygens (including phenoxy) is 2. The van der Waals surface area contributed by atoms with Gasteiger partial charge in [0, 0.05) is 0 Å². The van der Waals surface area contributed by atoms with Gasteiger partial charge in [0.2, 0.25) is 0 Å². The Morgan fingerprint density at radius 3 is 2.45 bits per heavy atom. The van der Waals surface area contributed by atoms with Gasteiger partial charge in [-0.3, -0.25) is 0 Å². The summed E-state index contributed by atoms with van der Waals surface area (Å²) in [7, 11) is 0. The molecule has 2 atom stereocenters. The van der Waals surface area contributed by atoms with Crippen LogP contribution in [0, 0.1) is 0 Å². The standard InChI is InChI=1S/C8H14O3/c1-4-8(6(3)11-8)7(9)10-5-2/h6H,4-5H2,1-3H3. The van der Waals surface area contributed by atoms with Gasteiger partial charge < -0.3 is 9.47 Å². The summed E-state index contributed by atoms with van der Waals surface area (Å²) < 4.78 is 10.1. The second kappa shape index (κ2) is 2.81. The van der Waals surface area contributed by atoms with Gasteiger partial charge in [-0.15, -0.1) is 0 Å². The molecule has 0 aromatic carbocycles. The molecule has 0 spiro atoms. The molecule has 1 rings (SSSR count). The lowest BCUT2D eigenvalue weighted by molar-refractivity contribution is -0.149. The number of hydrogen-bond acceptors (Lipinski definition) is 3. The van der Waals surface area contributed by atoms with Crippen molar-refractivity contribution in [1.29, 1.82) is 0 Å².